The normalized spacial score (nSPS) is 20.0. The Balaban J connectivity index is 0.00000264. The molecule has 1 saturated carbocycles. The van der Waals surface area contributed by atoms with Crippen LogP contribution in [0, 0.1) is 17.8 Å². The lowest BCUT2D eigenvalue weighted by molar-refractivity contribution is -0.127. The molecule has 0 aromatic carbocycles. The molecule has 0 aromatic heterocycles. The summed E-state index contributed by atoms with van der Waals surface area (Å²) in [6.45, 7) is 5.67. The van der Waals surface area contributed by atoms with Gasteiger partial charge in [-0.2, -0.15) is 0 Å². The molecule has 2 aliphatic rings. The molecule has 134 valence electrons. The second-order valence-corrected chi connectivity index (χ2v) is 6.89. The van der Waals surface area contributed by atoms with Crippen molar-refractivity contribution in [1.82, 2.24) is 16.0 Å². The standard InChI is InChI=1S/C17H31N3O2.ClH/c1-13(14-6-10-18-11-7-14)12-16(21)19-8-3-9-20-17(22)15-4-2-5-15;/h13-15,18H,2-12H2,1H3,(H,19,21)(H,20,22);1H. The SMILES string of the molecule is CC(CC(=O)NCCCNC(=O)C1CCC1)C1CCNCC1.Cl. The molecule has 2 amide bonds. The van der Waals surface area contributed by atoms with Crippen LogP contribution in [0.3, 0.4) is 0 Å². The van der Waals surface area contributed by atoms with E-state index in [4.69, 9.17) is 0 Å². The van der Waals surface area contributed by atoms with Gasteiger partial charge < -0.3 is 16.0 Å². The molecule has 1 saturated heterocycles. The van der Waals surface area contributed by atoms with Gasteiger partial charge in [-0.3, -0.25) is 9.59 Å². The number of carbonyl (C=O) groups is 2. The molecule has 23 heavy (non-hydrogen) atoms. The van der Waals surface area contributed by atoms with Gasteiger partial charge in [0.1, 0.15) is 0 Å². The molecule has 1 unspecified atom stereocenters. The highest BCUT2D eigenvalue weighted by molar-refractivity contribution is 5.85. The maximum atomic E-state index is 11.9. The van der Waals surface area contributed by atoms with Crippen LogP contribution in [0.2, 0.25) is 0 Å². The van der Waals surface area contributed by atoms with Crippen LogP contribution in [0.25, 0.3) is 0 Å². The Hall–Kier alpha value is -0.810. The third-order valence-corrected chi connectivity index (χ3v) is 5.15. The Bertz CT molecular complexity index is 369. The van der Waals surface area contributed by atoms with Crippen LogP contribution < -0.4 is 16.0 Å². The first-order chi connectivity index (χ1) is 10.7. The molecule has 0 bridgehead atoms. The van der Waals surface area contributed by atoms with Crippen molar-refractivity contribution < 1.29 is 9.59 Å². The lowest BCUT2D eigenvalue weighted by Crippen LogP contribution is -2.36. The van der Waals surface area contributed by atoms with Gasteiger partial charge in [-0.1, -0.05) is 13.3 Å². The minimum atomic E-state index is 0. The van der Waals surface area contributed by atoms with Gasteiger partial charge in [-0.15, -0.1) is 12.4 Å². The molecule has 2 fully saturated rings. The first-order valence-electron chi connectivity index (χ1n) is 8.92. The summed E-state index contributed by atoms with van der Waals surface area (Å²) < 4.78 is 0. The van der Waals surface area contributed by atoms with E-state index in [1.54, 1.807) is 0 Å². The van der Waals surface area contributed by atoms with Crippen molar-refractivity contribution in [3.63, 3.8) is 0 Å². The van der Waals surface area contributed by atoms with Gasteiger partial charge in [0.05, 0.1) is 0 Å². The third-order valence-electron chi connectivity index (χ3n) is 5.15. The van der Waals surface area contributed by atoms with Crippen LogP contribution in [0.1, 0.15) is 51.9 Å². The molecule has 1 aliphatic carbocycles. The van der Waals surface area contributed by atoms with Crippen molar-refractivity contribution in [2.45, 2.75) is 51.9 Å². The summed E-state index contributed by atoms with van der Waals surface area (Å²) in [5.74, 6) is 1.73. The van der Waals surface area contributed by atoms with Crippen LogP contribution >= 0.6 is 12.4 Å². The fourth-order valence-corrected chi connectivity index (χ4v) is 3.29. The number of amides is 2. The predicted octanol–water partition coefficient (Wildman–Crippen LogP) is 1.86. The number of hydrogen-bond acceptors (Lipinski definition) is 3. The monoisotopic (exact) mass is 345 g/mol. The van der Waals surface area contributed by atoms with E-state index in [9.17, 15) is 9.59 Å². The van der Waals surface area contributed by atoms with Gasteiger partial charge in [-0.25, -0.2) is 0 Å². The largest absolute Gasteiger partial charge is 0.356 e. The first kappa shape index (κ1) is 20.2. The van der Waals surface area contributed by atoms with E-state index in [0.29, 0.717) is 31.3 Å². The second-order valence-electron chi connectivity index (χ2n) is 6.89. The highest BCUT2D eigenvalue weighted by Gasteiger charge is 2.24. The molecule has 1 atom stereocenters. The highest BCUT2D eigenvalue weighted by atomic mass is 35.5. The van der Waals surface area contributed by atoms with Crippen molar-refractivity contribution in [1.29, 1.82) is 0 Å². The summed E-state index contributed by atoms with van der Waals surface area (Å²) in [7, 11) is 0. The predicted molar refractivity (Wildman–Crippen MR) is 94.6 cm³/mol. The van der Waals surface area contributed by atoms with Crippen LogP contribution in [0.5, 0.6) is 0 Å². The Morgan fingerprint density at radius 3 is 2.35 bits per heavy atom. The second kappa shape index (κ2) is 10.9. The maximum Gasteiger partial charge on any atom is 0.223 e. The van der Waals surface area contributed by atoms with Gasteiger partial charge in [0, 0.05) is 25.4 Å². The Labute approximate surface area is 146 Å². The van der Waals surface area contributed by atoms with E-state index in [-0.39, 0.29) is 30.1 Å². The van der Waals surface area contributed by atoms with Crippen molar-refractivity contribution in [2.75, 3.05) is 26.2 Å². The average Bonchev–Trinajstić information content (AvgIpc) is 2.46. The minimum absolute atomic E-state index is 0. The molecular formula is C17H32ClN3O2. The van der Waals surface area contributed by atoms with E-state index >= 15 is 0 Å². The first-order valence-corrected chi connectivity index (χ1v) is 8.92. The smallest absolute Gasteiger partial charge is 0.223 e. The summed E-state index contributed by atoms with van der Waals surface area (Å²) in [6.07, 6.45) is 7.06. The maximum absolute atomic E-state index is 11.9. The van der Waals surface area contributed by atoms with Crippen LogP contribution in [-0.4, -0.2) is 38.0 Å². The number of rotatable bonds is 8. The number of piperidine rings is 1. The highest BCUT2D eigenvalue weighted by Crippen LogP contribution is 2.26. The summed E-state index contributed by atoms with van der Waals surface area (Å²) >= 11 is 0. The average molecular weight is 346 g/mol. The zero-order chi connectivity index (χ0) is 15.8. The fraction of sp³-hybridized carbons (Fsp3) is 0.882. The molecular weight excluding hydrogens is 314 g/mol. The molecule has 0 radical (unpaired) electrons. The number of nitrogens with one attached hydrogen (secondary N) is 3. The van der Waals surface area contributed by atoms with Gasteiger partial charge in [-0.05, 0) is 57.0 Å². The number of carbonyl (C=O) groups excluding carboxylic acids is 2. The van der Waals surface area contributed by atoms with Crippen LogP contribution in [-0.2, 0) is 9.59 Å². The molecule has 0 aromatic rings. The molecule has 2 rings (SSSR count). The minimum Gasteiger partial charge on any atom is -0.356 e. The lowest BCUT2D eigenvalue weighted by Gasteiger charge is -2.27. The zero-order valence-electron chi connectivity index (χ0n) is 14.2. The molecule has 1 heterocycles. The molecule has 5 nitrogen and oxygen atoms in total. The zero-order valence-corrected chi connectivity index (χ0v) is 15.1. The van der Waals surface area contributed by atoms with Crippen molar-refractivity contribution in [2.24, 2.45) is 17.8 Å². The Kier molecular flexibility index (Phi) is 9.56. The van der Waals surface area contributed by atoms with E-state index in [0.717, 1.165) is 32.4 Å². The quantitative estimate of drug-likeness (QED) is 0.588. The Morgan fingerprint density at radius 2 is 1.74 bits per heavy atom. The number of halogens is 1. The third kappa shape index (κ3) is 7.08. The van der Waals surface area contributed by atoms with Crippen LogP contribution in [0.4, 0.5) is 0 Å². The van der Waals surface area contributed by atoms with E-state index in [2.05, 4.69) is 22.9 Å². The molecule has 6 heteroatoms. The Morgan fingerprint density at radius 1 is 1.09 bits per heavy atom. The topological polar surface area (TPSA) is 70.2 Å². The summed E-state index contributed by atoms with van der Waals surface area (Å²) in [5.41, 5.74) is 0. The van der Waals surface area contributed by atoms with Gasteiger partial charge in [0.25, 0.3) is 0 Å². The van der Waals surface area contributed by atoms with Gasteiger partial charge in [0.15, 0.2) is 0 Å². The summed E-state index contributed by atoms with van der Waals surface area (Å²) in [4.78, 5) is 23.6. The summed E-state index contributed by atoms with van der Waals surface area (Å²) in [5, 5.41) is 9.29. The molecule has 0 spiro atoms. The van der Waals surface area contributed by atoms with Crippen molar-refractivity contribution in [3.8, 4) is 0 Å². The van der Waals surface area contributed by atoms with Gasteiger partial charge >= 0.3 is 0 Å². The van der Waals surface area contributed by atoms with E-state index in [1.807, 2.05) is 0 Å². The fourth-order valence-electron chi connectivity index (χ4n) is 3.29. The van der Waals surface area contributed by atoms with Crippen LogP contribution in [0.15, 0.2) is 0 Å². The molecule has 1 aliphatic heterocycles. The lowest BCUT2D eigenvalue weighted by atomic mass is 9.84. The van der Waals surface area contributed by atoms with Crippen molar-refractivity contribution >= 4 is 24.2 Å². The van der Waals surface area contributed by atoms with E-state index < -0.39 is 0 Å². The van der Waals surface area contributed by atoms with E-state index in [1.165, 1.54) is 19.3 Å². The summed E-state index contributed by atoms with van der Waals surface area (Å²) in [6, 6.07) is 0. The molecule has 3 N–H and O–H groups in total. The van der Waals surface area contributed by atoms with Gasteiger partial charge in [0.2, 0.25) is 11.8 Å². The van der Waals surface area contributed by atoms with Crippen molar-refractivity contribution in [3.05, 3.63) is 0 Å². The number of hydrogen-bond donors (Lipinski definition) is 3.